The van der Waals surface area contributed by atoms with Gasteiger partial charge in [0.2, 0.25) is 17.6 Å². The summed E-state index contributed by atoms with van der Waals surface area (Å²) in [5.74, 6) is 2.94. The molecule has 6 heteroatoms. The molecule has 4 rings (SSSR count). The van der Waals surface area contributed by atoms with E-state index in [9.17, 15) is 4.79 Å². The molecule has 0 N–H and O–H groups in total. The van der Waals surface area contributed by atoms with Gasteiger partial charge < -0.3 is 9.42 Å². The smallest absolute Gasteiger partial charge is 0.233 e. The van der Waals surface area contributed by atoms with Gasteiger partial charge in [0.15, 0.2) is 0 Å². The molecule has 2 aliphatic rings. The molecule has 5 nitrogen and oxygen atoms in total. The van der Waals surface area contributed by atoms with Crippen molar-refractivity contribution in [2.75, 3.05) is 13.1 Å². The van der Waals surface area contributed by atoms with Gasteiger partial charge in [0.25, 0.3) is 0 Å². The second kappa shape index (κ2) is 7.91. The third-order valence-corrected chi connectivity index (χ3v) is 6.75. The highest BCUT2D eigenvalue weighted by Crippen LogP contribution is 2.36. The molecule has 0 bridgehead atoms. The fourth-order valence-corrected chi connectivity index (χ4v) is 4.82. The van der Waals surface area contributed by atoms with Crippen molar-refractivity contribution in [1.82, 2.24) is 15.0 Å². The Morgan fingerprint density at radius 1 is 1.31 bits per heavy atom. The Morgan fingerprint density at radius 2 is 2.12 bits per heavy atom. The zero-order valence-corrected chi connectivity index (χ0v) is 16.2. The summed E-state index contributed by atoms with van der Waals surface area (Å²) >= 11 is 1.61. The van der Waals surface area contributed by atoms with Crippen LogP contribution in [0.25, 0.3) is 10.7 Å². The van der Waals surface area contributed by atoms with Crippen molar-refractivity contribution in [3.63, 3.8) is 0 Å². The molecule has 1 amide bonds. The number of carbonyl (C=O) groups excluding carboxylic acids is 1. The van der Waals surface area contributed by atoms with Crippen LogP contribution in [0.1, 0.15) is 63.7 Å². The zero-order valence-electron chi connectivity index (χ0n) is 15.4. The number of hydrogen-bond acceptors (Lipinski definition) is 5. The molecule has 1 saturated carbocycles. The van der Waals surface area contributed by atoms with Gasteiger partial charge in [0, 0.05) is 19.0 Å². The highest BCUT2D eigenvalue weighted by Gasteiger charge is 2.39. The van der Waals surface area contributed by atoms with Gasteiger partial charge in [0.1, 0.15) is 0 Å². The lowest BCUT2D eigenvalue weighted by atomic mass is 9.78. The topological polar surface area (TPSA) is 59.2 Å². The molecular formula is C20H27N3O2S. The van der Waals surface area contributed by atoms with Crippen LogP contribution in [0, 0.1) is 11.8 Å². The zero-order chi connectivity index (χ0) is 17.9. The molecule has 1 aliphatic heterocycles. The van der Waals surface area contributed by atoms with E-state index in [1.165, 1.54) is 32.1 Å². The molecule has 0 aromatic carbocycles. The fraction of sp³-hybridized carbons (Fsp3) is 0.650. The average molecular weight is 374 g/mol. The summed E-state index contributed by atoms with van der Waals surface area (Å²) in [5, 5.41) is 6.08. The third-order valence-electron chi connectivity index (χ3n) is 5.89. The number of amides is 1. The number of nitrogens with zero attached hydrogens (tertiary/aromatic N) is 3. The first-order valence-corrected chi connectivity index (χ1v) is 10.8. The molecule has 2 aromatic rings. The quantitative estimate of drug-likeness (QED) is 0.735. The Morgan fingerprint density at radius 3 is 2.81 bits per heavy atom. The molecule has 2 fully saturated rings. The van der Waals surface area contributed by atoms with Crippen molar-refractivity contribution in [3.8, 4) is 10.7 Å². The van der Waals surface area contributed by atoms with Crippen LogP contribution < -0.4 is 0 Å². The maximum atomic E-state index is 12.7. The lowest BCUT2D eigenvalue weighted by Gasteiger charge is -2.40. The molecule has 140 valence electrons. The van der Waals surface area contributed by atoms with E-state index in [1.807, 2.05) is 22.4 Å². The normalized spacial score (nSPS) is 23.8. The van der Waals surface area contributed by atoms with E-state index in [-0.39, 0.29) is 11.8 Å². The van der Waals surface area contributed by atoms with Crippen LogP contribution in [0.5, 0.6) is 0 Å². The molecule has 3 heterocycles. The maximum absolute atomic E-state index is 12.7. The standard InChI is InChI=1S/C20H27N3O2S/c1-2-3-5-14-7-9-15(10-8-14)20(24)23-12-16(13-23)19-21-18(22-25-19)17-6-4-11-26-17/h4,6,11,14-16H,2-3,5,7-10,12-13H2,1H3. The van der Waals surface area contributed by atoms with Crippen LogP contribution >= 0.6 is 11.3 Å². The average Bonchev–Trinajstić information content (AvgIpc) is 3.30. The van der Waals surface area contributed by atoms with E-state index in [1.54, 1.807) is 11.3 Å². The SMILES string of the molecule is CCCCC1CCC(C(=O)N2CC(c3nc(-c4cccs4)no3)C2)CC1. The number of carbonyl (C=O) groups is 1. The van der Waals surface area contributed by atoms with E-state index < -0.39 is 0 Å². The van der Waals surface area contributed by atoms with Crippen molar-refractivity contribution in [1.29, 1.82) is 0 Å². The minimum absolute atomic E-state index is 0.195. The molecule has 0 unspecified atom stereocenters. The Kier molecular flexibility index (Phi) is 5.38. The fourth-order valence-electron chi connectivity index (χ4n) is 4.17. The largest absolute Gasteiger partial charge is 0.341 e. The van der Waals surface area contributed by atoms with E-state index >= 15 is 0 Å². The van der Waals surface area contributed by atoms with E-state index in [0.717, 1.165) is 36.7 Å². The van der Waals surface area contributed by atoms with Gasteiger partial charge >= 0.3 is 0 Å². The summed E-state index contributed by atoms with van der Waals surface area (Å²) in [7, 11) is 0. The van der Waals surface area contributed by atoms with Crippen LogP contribution in [0.4, 0.5) is 0 Å². The first kappa shape index (κ1) is 17.7. The molecule has 26 heavy (non-hydrogen) atoms. The van der Waals surface area contributed by atoms with Crippen LogP contribution in [0.2, 0.25) is 0 Å². The van der Waals surface area contributed by atoms with Gasteiger partial charge in [-0.25, -0.2) is 0 Å². The Bertz CT molecular complexity index is 713. The highest BCUT2D eigenvalue weighted by atomic mass is 32.1. The van der Waals surface area contributed by atoms with Gasteiger partial charge in [-0.3, -0.25) is 4.79 Å². The van der Waals surface area contributed by atoms with Crippen molar-refractivity contribution < 1.29 is 9.32 Å². The van der Waals surface area contributed by atoms with Crippen LogP contribution in [-0.2, 0) is 4.79 Å². The summed E-state index contributed by atoms with van der Waals surface area (Å²) < 4.78 is 5.43. The van der Waals surface area contributed by atoms with Crippen LogP contribution in [0.15, 0.2) is 22.0 Å². The first-order valence-electron chi connectivity index (χ1n) is 9.91. The lowest BCUT2D eigenvalue weighted by molar-refractivity contribution is -0.141. The summed E-state index contributed by atoms with van der Waals surface area (Å²) in [6.07, 6.45) is 8.53. The van der Waals surface area contributed by atoms with Crippen molar-refractivity contribution in [3.05, 3.63) is 23.4 Å². The number of hydrogen-bond donors (Lipinski definition) is 0. The van der Waals surface area contributed by atoms with Gasteiger partial charge in [-0.1, -0.05) is 37.4 Å². The molecule has 0 radical (unpaired) electrons. The predicted octanol–water partition coefficient (Wildman–Crippen LogP) is 4.72. The number of likely N-dealkylation sites (tertiary alicyclic amines) is 1. The number of unbranched alkanes of at least 4 members (excludes halogenated alkanes) is 1. The number of thiophene rings is 1. The van der Waals surface area contributed by atoms with Crippen molar-refractivity contribution in [2.24, 2.45) is 11.8 Å². The molecule has 0 atom stereocenters. The predicted molar refractivity (Wildman–Crippen MR) is 102 cm³/mol. The van der Waals surface area contributed by atoms with Crippen LogP contribution in [-0.4, -0.2) is 34.0 Å². The Labute approximate surface area is 158 Å². The lowest BCUT2D eigenvalue weighted by Crippen LogP contribution is -2.51. The summed E-state index contributed by atoms with van der Waals surface area (Å²) in [6.45, 7) is 3.70. The van der Waals surface area contributed by atoms with E-state index in [4.69, 9.17) is 4.52 Å². The number of rotatable bonds is 6. The molecule has 2 aromatic heterocycles. The maximum Gasteiger partial charge on any atom is 0.233 e. The van der Waals surface area contributed by atoms with Crippen molar-refractivity contribution in [2.45, 2.75) is 57.8 Å². The highest BCUT2D eigenvalue weighted by molar-refractivity contribution is 7.13. The van der Waals surface area contributed by atoms with Gasteiger partial charge in [-0.15, -0.1) is 11.3 Å². The molecule has 0 spiro atoms. The molecule has 1 saturated heterocycles. The second-order valence-corrected chi connectivity index (χ2v) is 8.68. The third kappa shape index (κ3) is 3.70. The van der Waals surface area contributed by atoms with Gasteiger partial charge in [-0.2, -0.15) is 4.98 Å². The Balaban J connectivity index is 1.25. The first-order chi connectivity index (χ1) is 12.7. The van der Waals surface area contributed by atoms with Crippen LogP contribution in [0.3, 0.4) is 0 Å². The minimum Gasteiger partial charge on any atom is -0.341 e. The van der Waals surface area contributed by atoms with E-state index in [2.05, 4.69) is 17.1 Å². The summed E-state index contributed by atoms with van der Waals surface area (Å²) in [6, 6.07) is 3.98. The monoisotopic (exact) mass is 373 g/mol. The number of aromatic nitrogens is 2. The Hall–Kier alpha value is -1.69. The van der Waals surface area contributed by atoms with E-state index in [0.29, 0.717) is 17.6 Å². The molecular weight excluding hydrogens is 346 g/mol. The second-order valence-electron chi connectivity index (χ2n) is 7.73. The van der Waals surface area contributed by atoms with Gasteiger partial charge in [-0.05, 0) is 43.0 Å². The summed E-state index contributed by atoms with van der Waals surface area (Å²) in [4.78, 5) is 20.2. The van der Waals surface area contributed by atoms with Gasteiger partial charge in [0.05, 0.1) is 10.8 Å². The summed E-state index contributed by atoms with van der Waals surface area (Å²) in [5.41, 5.74) is 0. The minimum atomic E-state index is 0.195. The van der Waals surface area contributed by atoms with Crippen molar-refractivity contribution >= 4 is 17.2 Å². The molecule has 1 aliphatic carbocycles.